The number of fused-ring (bicyclic) bond motifs is 1. The number of aromatic nitrogens is 1. The van der Waals surface area contributed by atoms with E-state index in [1.54, 1.807) is 0 Å². The first-order valence-electron chi connectivity index (χ1n) is 6.29. The molecular weight excluding hydrogens is 252 g/mol. The summed E-state index contributed by atoms with van der Waals surface area (Å²) in [6.45, 7) is 1.92. The average molecular weight is 267 g/mol. The first kappa shape index (κ1) is 11.8. The summed E-state index contributed by atoms with van der Waals surface area (Å²) in [7, 11) is 0. The molecule has 0 spiro atoms. The summed E-state index contributed by atoms with van der Waals surface area (Å²) < 4.78 is 0. The zero-order chi connectivity index (χ0) is 12.7. The van der Waals surface area contributed by atoms with Gasteiger partial charge in [0.05, 0.1) is 10.6 Å². The van der Waals surface area contributed by atoms with Crippen LogP contribution in [0.2, 0.25) is 5.02 Å². The summed E-state index contributed by atoms with van der Waals surface area (Å²) in [6, 6.07) is 1.45. The molecule has 0 radical (unpaired) electrons. The van der Waals surface area contributed by atoms with Crippen molar-refractivity contribution in [3.05, 3.63) is 22.8 Å². The van der Waals surface area contributed by atoms with Crippen LogP contribution >= 0.6 is 11.6 Å². The number of nitrogens with zero attached hydrogens (tertiary/aromatic N) is 2. The summed E-state index contributed by atoms with van der Waals surface area (Å²) >= 11 is 6.16. The Morgan fingerprint density at radius 2 is 2.06 bits per heavy atom. The molecule has 18 heavy (non-hydrogen) atoms. The largest absolute Gasteiger partial charge is 0.478 e. The highest BCUT2D eigenvalue weighted by Crippen LogP contribution is 2.40. The molecule has 2 fully saturated rings. The topological polar surface area (TPSA) is 53.4 Å². The van der Waals surface area contributed by atoms with E-state index >= 15 is 0 Å². The van der Waals surface area contributed by atoms with E-state index in [1.165, 1.54) is 31.5 Å². The molecule has 1 aliphatic heterocycles. The number of halogens is 1. The van der Waals surface area contributed by atoms with E-state index in [0.29, 0.717) is 5.82 Å². The fraction of sp³-hybridized carbons (Fsp3) is 0.538. The molecule has 1 aromatic heterocycles. The first-order chi connectivity index (χ1) is 8.66. The summed E-state index contributed by atoms with van der Waals surface area (Å²) in [4.78, 5) is 17.5. The van der Waals surface area contributed by atoms with E-state index in [9.17, 15) is 4.79 Å². The zero-order valence-electron chi connectivity index (χ0n) is 9.97. The SMILES string of the molecule is O=C(O)c1ccnc(N2CC3CCCC3C2)c1Cl. The number of pyridine rings is 1. The lowest BCUT2D eigenvalue weighted by atomic mass is 10.0. The molecule has 0 bridgehead atoms. The summed E-state index contributed by atoms with van der Waals surface area (Å²) in [5.74, 6) is 1.10. The molecule has 1 aliphatic carbocycles. The molecule has 5 heteroatoms. The van der Waals surface area contributed by atoms with Crippen molar-refractivity contribution >= 4 is 23.4 Å². The molecular formula is C13H15ClN2O2. The Hall–Kier alpha value is -1.29. The molecule has 1 saturated carbocycles. The third kappa shape index (κ3) is 1.85. The van der Waals surface area contributed by atoms with Gasteiger partial charge >= 0.3 is 5.97 Å². The van der Waals surface area contributed by atoms with Crippen molar-refractivity contribution in [2.24, 2.45) is 11.8 Å². The molecule has 4 nitrogen and oxygen atoms in total. The highest BCUT2D eigenvalue weighted by molar-refractivity contribution is 6.35. The summed E-state index contributed by atoms with van der Waals surface area (Å²) in [6.07, 6.45) is 5.40. The normalized spacial score (nSPS) is 26.4. The lowest BCUT2D eigenvalue weighted by Crippen LogP contribution is -2.22. The second-order valence-electron chi connectivity index (χ2n) is 5.16. The smallest absolute Gasteiger partial charge is 0.337 e. The van der Waals surface area contributed by atoms with Gasteiger partial charge in [-0.25, -0.2) is 9.78 Å². The molecule has 0 amide bonds. The van der Waals surface area contributed by atoms with Gasteiger partial charge in [-0.3, -0.25) is 0 Å². The second-order valence-corrected chi connectivity index (χ2v) is 5.54. The Labute approximate surface area is 111 Å². The van der Waals surface area contributed by atoms with Gasteiger partial charge in [-0.2, -0.15) is 0 Å². The molecule has 1 aromatic rings. The Balaban J connectivity index is 1.89. The van der Waals surface area contributed by atoms with Gasteiger partial charge < -0.3 is 10.0 Å². The van der Waals surface area contributed by atoms with Crippen molar-refractivity contribution in [3.8, 4) is 0 Å². The third-order valence-corrected chi connectivity index (χ3v) is 4.50. The standard InChI is InChI=1S/C13H15ClN2O2/c14-11-10(13(17)18)4-5-15-12(11)16-6-8-2-1-3-9(8)7-16/h4-5,8-9H,1-3,6-7H2,(H,17,18). The highest BCUT2D eigenvalue weighted by Gasteiger charge is 2.37. The number of hydrogen-bond donors (Lipinski definition) is 1. The van der Waals surface area contributed by atoms with Crippen LogP contribution in [0, 0.1) is 11.8 Å². The van der Waals surface area contributed by atoms with E-state index in [0.717, 1.165) is 24.9 Å². The van der Waals surface area contributed by atoms with Crippen LogP contribution in [-0.2, 0) is 0 Å². The van der Waals surface area contributed by atoms with E-state index < -0.39 is 5.97 Å². The molecule has 2 aliphatic rings. The van der Waals surface area contributed by atoms with Crippen molar-refractivity contribution in [1.29, 1.82) is 0 Å². The van der Waals surface area contributed by atoms with Gasteiger partial charge in [-0.05, 0) is 30.7 Å². The number of anilines is 1. The number of carboxylic acids is 1. The molecule has 2 atom stereocenters. The first-order valence-corrected chi connectivity index (χ1v) is 6.67. The minimum absolute atomic E-state index is 0.138. The molecule has 1 saturated heterocycles. The number of hydrogen-bond acceptors (Lipinski definition) is 3. The third-order valence-electron chi connectivity index (χ3n) is 4.13. The Kier molecular flexibility index (Phi) is 2.90. The predicted molar refractivity (Wildman–Crippen MR) is 69.3 cm³/mol. The lowest BCUT2D eigenvalue weighted by molar-refractivity contribution is 0.0697. The molecule has 1 N–H and O–H groups in total. The Morgan fingerprint density at radius 1 is 1.39 bits per heavy atom. The van der Waals surface area contributed by atoms with Crippen LogP contribution < -0.4 is 4.90 Å². The van der Waals surface area contributed by atoms with Crippen LogP contribution in [0.4, 0.5) is 5.82 Å². The Bertz CT molecular complexity index is 480. The monoisotopic (exact) mass is 266 g/mol. The van der Waals surface area contributed by atoms with Gasteiger partial charge in [-0.1, -0.05) is 18.0 Å². The van der Waals surface area contributed by atoms with E-state index in [1.807, 2.05) is 0 Å². The van der Waals surface area contributed by atoms with E-state index in [-0.39, 0.29) is 10.6 Å². The maximum absolute atomic E-state index is 11.1. The van der Waals surface area contributed by atoms with Gasteiger partial charge in [0.1, 0.15) is 5.82 Å². The minimum atomic E-state index is -0.997. The van der Waals surface area contributed by atoms with E-state index in [4.69, 9.17) is 16.7 Å². The molecule has 2 unspecified atom stereocenters. The predicted octanol–water partition coefficient (Wildman–Crippen LogP) is 2.67. The maximum Gasteiger partial charge on any atom is 0.337 e. The van der Waals surface area contributed by atoms with Crippen LogP contribution in [0.1, 0.15) is 29.6 Å². The lowest BCUT2D eigenvalue weighted by Gasteiger charge is -2.20. The van der Waals surface area contributed by atoms with Gasteiger partial charge in [0, 0.05) is 19.3 Å². The van der Waals surface area contributed by atoms with Crippen molar-refractivity contribution in [1.82, 2.24) is 4.98 Å². The van der Waals surface area contributed by atoms with Crippen LogP contribution in [-0.4, -0.2) is 29.1 Å². The molecule has 2 heterocycles. The quantitative estimate of drug-likeness (QED) is 0.894. The van der Waals surface area contributed by atoms with Crippen LogP contribution in [0.5, 0.6) is 0 Å². The van der Waals surface area contributed by atoms with Crippen molar-refractivity contribution in [2.75, 3.05) is 18.0 Å². The second kappa shape index (κ2) is 4.43. The fourth-order valence-electron chi connectivity index (χ4n) is 3.23. The van der Waals surface area contributed by atoms with Crippen molar-refractivity contribution in [3.63, 3.8) is 0 Å². The van der Waals surface area contributed by atoms with Gasteiger partial charge in [0.15, 0.2) is 0 Å². The van der Waals surface area contributed by atoms with Crippen molar-refractivity contribution in [2.45, 2.75) is 19.3 Å². The van der Waals surface area contributed by atoms with Crippen LogP contribution in [0.15, 0.2) is 12.3 Å². The molecule has 3 rings (SSSR count). The number of rotatable bonds is 2. The number of carboxylic acid groups (broad SMARTS) is 1. The average Bonchev–Trinajstić information content (AvgIpc) is 2.89. The van der Waals surface area contributed by atoms with Crippen molar-refractivity contribution < 1.29 is 9.90 Å². The Morgan fingerprint density at radius 3 is 2.67 bits per heavy atom. The molecule has 0 aromatic carbocycles. The van der Waals surface area contributed by atoms with Gasteiger partial charge in [0.2, 0.25) is 0 Å². The summed E-state index contributed by atoms with van der Waals surface area (Å²) in [5.41, 5.74) is 0.138. The fourth-order valence-corrected chi connectivity index (χ4v) is 3.54. The highest BCUT2D eigenvalue weighted by atomic mass is 35.5. The van der Waals surface area contributed by atoms with E-state index in [2.05, 4.69) is 9.88 Å². The van der Waals surface area contributed by atoms with Gasteiger partial charge in [0.25, 0.3) is 0 Å². The molecule has 96 valence electrons. The minimum Gasteiger partial charge on any atom is -0.478 e. The van der Waals surface area contributed by atoms with Crippen LogP contribution in [0.25, 0.3) is 0 Å². The van der Waals surface area contributed by atoms with Gasteiger partial charge in [-0.15, -0.1) is 0 Å². The number of aromatic carboxylic acids is 1. The zero-order valence-corrected chi connectivity index (χ0v) is 10.7. The summed E-state index contributed by atoms with van der Waals surface area (Å²) in [5, 5.41) is 9.33. The number of carbonyl (C=O) groups is 1. The van der Waals surface area contributed by atoms with Crippen LogP contribution in [0.3, 0.4) is 0 Å². The maximum atomic E-state index is 11.1.